The number of aromatic nitrogens is 2. The van der Waals surface area contributed by atoms with Gasteiger partial charge < -0.3 is 15.5 Å². The van der Waals surface area contributed by atoms with Gasteiger partial charge >= 0.3 is 0 Å². The molecule has 1 fully saturated rings. The number of nitrogens with zero attached hydrogens (tertiary/aromatic N) is 3. The minimum Gasteiger partial charge on any atom is -0.370 e. The Morgan fingerprint density at radius 3 is 2.79 bits per heavy atom. The van der Waals surface area contributed by atoms with Crippen molar-refractivity contribution in [1.82, 2.24) is 15.3 Å². The molecule has 0 aromatic carbocycles. The van der Waals surface area contributed by atoms with Gasteiger partial charge in [0.15, 0.2) is 0 Å². The molecule has 1 aromatic rings. The first-order valence-corrected chi connectivity index (χ1v) is 7.24. The highest BCUT2D eigenvalue weighted by molar-refractivity contribution is 5.48. The fourth-order valence-electron chi connectivity index (χ4n) is 2.60. The third-order valence-corrected chi connectivity index (χ3v) is 3.80. The standard InChI is InChI=1S/C14H25N5/c1-15-8-5-9-16-13-10-14(18-11-17-13)19(2)12-6-3-4-7-12/h10-12,15H,3-9H2,1-2H3,(H,16,17,18). The number of hydrogen-bond donors (Lipinski definition) is 2. The highest BCUT2D eigenvalue weighted by Crippen LogP contribution is 2.26. The lowest BCUT2D eigenvalue weighted by Crippen LogP contribution is -2.29. The Labute approximate surface area is 115 Å². The summed E-state index contributed by atoms with van der Waals surface area (Å²) in [5.74, 6) is 1.95. The van der Waals surface area contributed by atoms with Gasteiger partial charge in [-0.05, 0) is 32.9 Å². The van der Waals surface area contributed by atoms with E-state index in [1.165, 1.54) is 25.7 Å². The summed E-state index contributed by atoms with van der Waals surface area (Å²) in [6, 6.07) is 2.70. The van der Waals surface area contributed by atoms with Crippen LogP contribution < -0.4 is 15.5 Å². The largest absolute Gasteiger partial charge is 0.370 e. The molecule has 106 valence electrons. The third kappa shape index (κ3) is 4.06. The number of nitrogens with one attached hydrogen (secondary N) is 2. The molecule has 0 bridgehead atoms. The van der Waals surface area contributed by atoms with E-state index >= 15 is 0 Å². The Balaban J connectivity index is 1.90. The lowest BCUT2D eigenvalue weighted by atomic mass is 10.2. The Hall–Kier alpha value is -1.36. The predicted molar refractivity (Wildman–Crippen MR) is 79.7 cm³/mol. The van der Waals surface area contributed by atoms with Crippen LogP contribution in [0.5, 0.6) is 0 Å². The van der Waals surface area contributed by atoms with Gasteiger partial charge in [-0.2, -0.15) is 0 Å². The topological polar surface area (TPSA) is 53.1 Å². The SMILES string of the molecule is CNCCCNc1cc(N(C)C2CCCC2)ncn1. The van der Waals surface area contributed by atoms with Gasteiger partial charge in [0.1, 0.15) is 18.0 Å². The molecule has 0 unspecified atom stereocenters. The maximum atomic E-state index is 4.39. The van der Waals surface area contributed by atoms with E-state index in [0.717, 1.165) is 31.1 Å². The zero-order valence-electron chi connectivity index (χ0n) is 12.0. The van der Waals surface area contributed by atoms with Gasteiger partial charge in [-0.15, -0.1) is 0 Å². The molecule has 0 spiro atoms. The fraction of sp³-hybridized carbons (Fsp3) is 0.714. The van der Waals surface area contributed by atoms with Gasteiger partial charge in [0, 0.05) is 25.7 Å². The van der Waals surface area contributed by atoms with Crippen molar-refractivity contribution in [2.24, 2.45) is 0 Å². The van der Waals surface area contributed by atoms with Crippen molar-refractivity contribution in [3.8, 4) is 0 Å². The molecule has 19 heavy (non-hydrogen) atoms. The first-order valence-electron chi connectivity index (χ1n) is 7.24. The fourth-order valence-corrected chi connectivity index (χ4v) is 2.60. The van der Waals surface area contributed by atoms with Crippen LogP contribution in [0, 0.1) is 0 Å². The molecule has 0 atom stereocenters. The summed E-state index contributed by atoms with van der Waals surface area (Å²) in [7, 11) is 4.11. The van der Waals surface area contributed by atoms with Crippen LogP contribution >= 0.6 is 0 Å². The zero-order valence-corrected chi connectivity index (χ0v) is 12.0. The van der Waals surface area contributed by atoms with E-state index in [1.807, 2.05) is 7.05 Å². The molecule has 0 amide bonds. The summed E-state index contributed by atoms with van der Waals surface area (Å²) in [6.45, 7) is 1.96. The summed E-state index contributed by atoms with van der Waals surface area (Å²) >= 11 is 0. The monoisotopic (exact) mass is 263 g/mol. The maximum absolute atomic E-state index is 4.39. The van der Waals surface area contributed by atoms with E-state index in [-0.39, 0.29) is 0 Å². The Morgan fingerprint density at radius 1 is 1.26 bits per heavy atom. The zero-order chi connectivity index (χ0) is 13.5. The van der Waals surface area contributed by atoms with E-state index < -0.39 is 0 Å². The first kappa shape index (κ1) is 14.1. The van der Waals surface area contributed by atoms with Crippen molar-refractivity contribution in [2.45, 2.75) is 38.1 Å². The lowest BCUT2D eigenvalue weighted by Gasteiger charge is -2.25. The molecule has 2 rings (SSSR count). The summed E-state index contributed by atoms with van der Waals surface area (Å²) in [6.07, 6.45) is 8.00. The molecule has 1 saturated carbocycles. The Kier molecular flexibility index (Phi) is 5.39. The molecule has 1 heterocycles. The highest BCUT2D eigenvalue weighted by atomic mass is 15.2. The molecule has 0 aliphatic heterocycles. The van der Waals surface area contributed by atoms with E-state index in [2.05, 4.69) is 38.6 Å². The van der Waals surface area contributed by atoms with Gasteiger partial charge in [-0.1, -0.05) is 12.8 Å². The Morgan fingerprint density at radius 2 is 2.05 bits per heavy atom. The molecule has 0 saturated heterocycles. The van der Waals surface area contributed by atoms with Crippen molar-refractivity contribution >= 4 is 11.6 Å². The van der Waals surface area contributed by atoms with Crippen molar-refractivity contribution in [1.29, 1.82) is 0 Å². The highest BCUT2D eigenvalue weighted by Gasteiger charge is 2.20. The lowest BCUT2D eigenvalue weighted by molar-refractivity contribution is 0.645. The van der Waals surface area contributed by atoms with Gasteiger partial charge in [-0.3, -0.25) is 0 Å². The van der Waals surface area contributed by atoms with Crippen molar-refractivity contribution in [3.63, 3.8) is 0 Å². The van der Waals surface area contributed by atoms with Crippen molar-refractivity contribution in [3.05, 3.63) is 12.4 Å². The molecule has 5 nitrogen and oxygen atoms in total. The van der Waals surface area contributed by atoms with Crippen LogP contribution in [0.15, 0.2) is 12.4 Å². The second-order valence-corrected chi connectivity index (χ2v) is 5.19. The smallest absolute Gasteiger partial charge is 0.134 e. The second kappa shape index (κ2) is 7.28. The van der Waals surface area contributed by atoms with Crippen molar-refractivity contribution in [2.75, 3.05) is 37.4 Å². The molecular weight excluding hydrogens is 238 g/mol. The molecular formula is C14H25N5. The normalized spacial score (nSPS) is 15.7. The van der Waals surface area contributed by atoms with Gasteiger partial charge in [0.25, 0.3) is 0 Å². The summed E-state index contributed by atoms with van der Waals surface area (Å²) < 4.78 is 0. The van der Waals surface area contributed by atoms with Crippen molar-refractivity contribution < 1.29 is 0 Å². The minimum atomic E-state index is 0.645. The van der Waals surface area contributed by atoms with Crippen LogP contribution in [-0.4, -0.2) is 43.2 Å². The van der Waals surface area contributed by atoms with Crippen LogP contribution in [0.1, 0.15) is 32.1 Å². The van der Waals surface area contributed by atoms with Crippen LogP contribution in [0.2, 0.25) is 0 Å². The van der Waals surface area contributed by atoms with Gasteiger partial charge in [-0.25, -0.2) is 9.97 Å². The average molecular weight is 263 g/mol. The summed E-state index contributed by atoms with van der Waals surface area (Å²) in [4.78, 5) is 11.0. The molecule has 5 heteroatoms. The van der Waals surface area contributed by atoms with Gasteiger partial charge in [0.2, 0.25) is 0 Å². The van der Waals surface area contributed by atoms with E-state index in [4.69, 9.17) is 0 Å². The van der Waals surface area contributed by atoms with Crippen LogP contribution in [0.25, 0.3) is 0 Å². The predicted octanol–water partition coefficient (Wildman–Crippen LogP) is 1.88. The number of rotatable bonds is 7. The number of hydrogen-bond acceptors (Lipinski definition) is 5. The quantitative estimate of drug-likeness (QED) is 0.736. The van der Waals surface area contributed by atoms with E-state index in [9.17, 15) is 0 Å². The summed E-state index contributed by atoms with van der Waals surface area (Å²) in [5.41, 5.74) is 0. The summed E-state index contributed by atoms with van der Waals surface area (Å²) in [5, 5.41) is 6.49. The molecule has 1 aromatic heterocycles. The molecule has 2 N–H and O–H groups in total. The van der Waals surface area contributed by atoms with E-state index in [0.29, 0.717) is 6.04 Å². The van der Waals surface area contributed by atoms with Crippen LogP contribution in [0.4, 0.5) is 11.6 Å². The molecule has 1 aliphatic carbocycles. The first-order chi connectivity index (χ1) is 9.31. The second-order valence-electron chi connectivity index (χ2n) is 5.19. The average Bonchev–Trinajstić information content (AvgIpc) is 2.97. The third-order valence-electron chi connectivity index (χ3n) is 3.80. The Bertz CT molecular complexity index is 376. The minimum absolute atomic E-state index is 0.645. The molecule has 1 aliphatic rings. The van der Waals surface area contributed by atoms with Gasteiger partial charge in [0.05, 0.1) is 0 Å². The van der Waals surface area contributed by atoms with Crippen LogP contribution in [-0.2, 0) is 0 Å². The van der Waals surface area contributed by atoms with Crippen LogP contribution in [0.3, 0.4) is 0 Å². The van der Waals surface area contributed by atoms with E-state index in [1.54, 1.807) is 6.33 Å². The maximum Gasteiger partial charge on any atom is 0.134 e. The molecule has 0 radical (unpaired) electrons. The number of anilines is 2.